The maximum atomic E-state index is 12.3. The summed E-state index contributed by atoms with van der Waals surface area (Å²) < 4.78 is 0. The van der Waals surface area contributed by atoms with E-state index in [0.29, 0.717) is 11.5 Å². The van der Waals surface area contributed by atoms with Crippen LogP contribution < -0.4 is 10.3 Å². The van der Waals surface area contributed by atoms with Gasteiger partial charge in [0, 0.05) is 25.3 Å². The van der Waals surface area contributed by atoms with Crippen molar-refractivity contribution in [2.45, 2.75) is 20.3 Å². The van der Waals surface area contributed by atoms with Crippen LogP contribution in [0.25, 0.3) is 0 Å². The van der Waals surface area contributed by atoms with Crippen LogP contribution >= 0.6 is 0 Å². The summed E-state index contributed by atoms with van der Waals surface area (Å²) in [5, 5.41) is 4.37. The summed E-state index contributed by atoms with van der Waals surface area (Å²) in [6.07, 6.45) is 0.809. The highest BCUT2D eigenvalue weighted by atomic mass is 16.2. The van der Waals surface area contributed by atoms with E-state index >= 15 is 0 Å². The van der Waals surface area contributed by atoms with E-state index in [1.54, 1.807) is 0 Å². The van der Waals surface area contributed by atoms with Gasteiger partial charge in [-0.15, -0.1) is 0 Å². The summed E-state index contributed by atoms with van der Waals surface area (Å²) in [6, 6.07) is 17.4. The van der Waals surface area contributed by atoms with Gasteiger partial charge in [-0.2, -0.15) is 5.10 Å². The number of carbonyl (C=O) groups is 1. The molecule has 2 aromatic rings. The molecule has 4 heteroatoms. The summed E-state index contributed by atoms with van der Waals surface area (Å²) in [7, 11) is 3.94. The number of anilines is 1. The molecule has 0 radical (unpaired) electrons. The van der Waals surface area contributed by atoms with E-state index in [0.717, 1.165) is 23.4 Å². The molecule has 0 fully saturated rings. The van der Waals surface area contributed by atoms with Crippen LogP contribution in [0.1, 0.15) is 36.2 Å². The molecule has 126 valence electrons. The maximum absolute atomic E-state index is 12.3. The van der Waals surface area contributed by atoms with Crippen molar-refractivity contribution in [2.75, 3.05) is 19.0 Å². The number of hydrogen-bond donors (Lipinski definition) is 1. The molecule has 0 aliphatic carbocycles. The molecule has 0 saturated heterocycles. The highest BCUT2D eigenvalue weighted by molar-refractivity contribution is 6.02. The van der Waals surface area contributed by atoms with Crippen LogP contribution in [0.15, 0.2) is 59.7 Å². The Morgan fingerprint density at radius 1 is 1.00 bits per heavy atom. The zero-order valence-electron chi connectivity index (χ0n) is 14.8. The predicted octanol–water partition coefficient (Wildman–Crippen LogP) is 3.93. The number of carbonyl (C=O) groups excluding carboxylic acids is 1. The largest absolute Gasteiger partial charge is 0.378 e. The fourth-order valence-electron chi connectivity index (χ4n) is 2.34. The van der Waals surface area contributed by atoms with Crippen molar-refractivity contribution in [3.05, 3.63) is 65.7 Å². The van der Waals surface area contributed by atoms with Crippen molar-refractivity contribution < 1.29 is 4.79 Å². The van der Waals surface area contributed by atoms with Gasteiger partial charge in [0.25, 0.3) is 5.91 Å². The molecule has 0 unspecified atom stereocenters. The minimum Gasteiger partial charge on any atom is -0.378 e. The molecule has 0 aliphatic heterocycles. The number of hydrogen-bond acceptors (Lipinski definition) is 3. The first-order chi connectivity index (χ1) is 11.5. The molecule has 0 bridgehead atoms. The Labute approximate surface area is 144 Å². The average Bonchev–Trinajstić information content (AvgIpc) is 2.59. The van der Waals surface area contributed by atoms with Gasteiger partial charge in [-0.1, -0.05) is 44.2 Å². The van der Waals surface area contributed by atoms with E-state index in [2.05, 4.69) is 24.4 Å². The van der Waals surface area contributed by atoms with Crippen molar-refractivity contribution in [3.8, 4) is 0 Å². The molecule has 0 atom stereocenters. The lowest BCUT2D eigenvalue weighted by molar-refractivity contribution is 0.0954. The molecule has 4 nitrogen and oxygen atoms in total. The lowest BCUT2D eigenvalue weighted by Crippen LogP contribution is -2.21. The molecule has 2 rings (SSSR count). The van der Waals surface area contributed by atoms with Crippen molar-refractivity contribution >= 4 is 17.3 Å². The summed E-state index contributed by atoms with van der Waals surface area (Å²) in [5.41, 5.74) is 6.27. The first kappa shape index (κ1) is 17.7. The quantitative estimate of drug-likeness (QED) is 0.646. The molecule has 0 aromatic heterocycles. The van der Waals surface area contributed by atoms with Crippen molar-refractivity contribution in [1.82, 2.24) is 5.43 Å². The highest BCUT2D eigenvalue weighted by Crippen LogP contribution is 2.13. The molecule has 2 aromatic carbocycles. The van der Waals surface area contributed by atoms with Gasteiger partial charge in [0.1, 0.15) is 0 Å². The van der Waals surface area contributed by atoms with Gasteiger partial charge in [-0.3, -0.25) is 4.79 Å². The Kier molecular flexibility index (Phi) is 6.13. The molecule has 0 heterocycles. The summed E-state index contributed by atoms with van der Waals surface area (Å²) in [6.45, 7) is 4.28. The smallest absolute Gasteiger partial charge is 0.271 e. The van der Waals surface area contributed by atoms with Crippen LogP contribution in [0.2, 0.25) is 0 Å². The minimum absolute atomic E-state index is 0.197. The summed E-state index contributed by atoms with van der Waals surface area (Å²) in [4.78, 5) is 14.3. The number of benzene rings is 2. The normalized spacial score (nSPS) is 11.5. The van der Waals surface area contributed by atoms with E-state index in [1.165, 1.54) is 0 Å². The molecular formula is C20H25N3O. The third kappa shape index (κ3) is 4.95. The standard InChI is InChI=1S/C20H25N3O/c1-15(2)14-19(16-8-6-5-7-9-16)21-22-20(24)17-10-12-18(13-11-17)23(3)4/h5-13,15H,14H2,1-4H3,(H,22,24). The van der Waals surface area contributed by atoms with E-state index < -0.39 is 0 Å². The fraction of sp³-hybridized carbons (Fsp3) is 0.300. The molecule has 1 N–H and O–H groups in total. The third-order valence-electron chi connectivity index (χ3n) is 3.65. The Morgan fingerprint density at radius 2 is 1.62 bits per heavy atom. The van der Waals surface area contributed by atoms with Gasteiger partial charge in [0.15, 0.2) is 0 Å². The number of rotatable bonds is 6. The van der Waals surface area contributed by atoms with Gasteiger partial charge in [-0.05, 0) is 42.2 Å². The van der Waals surface area contributed by atoms with Crippen LogP contribution in [-0.2, 0) is 0 Å². The Balaban J connectivity index is 2.14. The second-order valence-electron chi connectivity index (χ2n) is 6.40. The van der Waals surface area contributed by atoms with Gasteiger partial charge >= 0.3 is 0 Å². The highest BCUT2D eigenvalue weighted by Gasteiger charge is 2.09. The van der Waals surface area contributed by atoms with Gasteiger partial charge < -0.3 is 4.90 Å². The topological polar surface area (TPSA) is 44.7 Å². The molecule has 1 amide bonds. The van der Waals surface area contributed by atoms with E-state index in [-0.39, 0.29) is 5.91 Å². The van der Waals surface area contributed by atoms with Crippen LogP contribution in [0.3, 0.4) is 0 Å². The lowest BCUT2D eigenvalue weighted by atomic mass is 10.0. The fourth-order valence-corrected chi connectivity index (χ4v) is 2.34. The Morgan fingerprint density at radius 3 is 2.17 bits per heavy atom. The second-order valence-corrected chi connectivity index (χ2v) is 6.40. The monoisotopic (exact) mass is 323 g/mol. The number of nitrogens with one attached hydrogen (secondary N) is 1. The maximum Gasteiger partial charge on any atom is 0.271 e. The zero-order valence-corrected chi connectivity index (χ0v) is 14.8. The number of nitrogens with zero attached hydrogens (tertiary/aromatic N) is 2. The first-order valence-corrected chi connectivity index (χ1v) is 8.17. The average molecular weight is 323 g/mol. The number of hydrazone groups is 1. The summed E-state index contributed by atoms with van der Waals surface area (Å²) >= 11 is 0. The molecular weight excluding hydrogens is 298 g/mol. The minimum atomic E-state index is -0.197. The van der Waals surface area contributed by atoms with E-state index in [9.17, 15) is 4.79 Å². The van der Waals surface area contributed by atoms with Crippen molar-refractivity contribution in [2.24, 2.45) is 11.0 Å². The molecule has 0 spiro atoms. The lowest BCUT2D eigenvalue weighted by Gasteiger charge is -2.12. The predicted molar refractivity (Wildman–Crippen MR) is 101 cm³/mol. The number of amides is 1. The van der Waals surface area contributed by atoms with Crippen LogP contribution in [-0.4, -0.2) is 25.7 Å². The van der Waals surface area contributed by atoms with Crippen molar-refractivity contribution in [1.29, 1.82) is 0 Å². The molecule has 0 aliphatic rings. The van der Waals surface area contributed by atoms with Crippen LogP contribution in [0.5, 0.6) is 0 Å². The Hall–Kier alpha value is -2.62. The van der Waals surface area contributed by atoms with E-state index in [1.807, 2.05) is 73.6 Å². The third-order valence-corrected chi connectivity index (χ3v) is 3.65. The van der Waals surface area contributed by atoms with Crippen LogP contribution in [0, 0.1) is 5.92 Å². The SMILES string of the molecule is CC(C)CC(=NNC(=O)c1ccc(N(C)C)cc1)c1ccccc1. The zero-order chi connectivity index (χ0) is 17.5. The van der Waals surface area contributed by atoms with E-state index in [4.69, 9.17) is 0 Å². The van der Waals surface area contributed by atoms with Crippen LogP contribution in [0.4, 0.5) is 5.69 Å². The second kappa shape index (κ2) is 8.29. The van der Waals surface area contributed by atoms with Gasteiger partial charge in [0.05, 0.1) is 5.71 Å². The Bertz CT molecular complexity index is 689. The molecule has 24 heavy (non-hydrogen) atoms. The van der Waals surface area contributed by atoms with Gasteiger partial charge in [-0.25, -0.2) is 5.43 Å². The summed E-state index contributed by atoms with van der Waals surface area (Å²) in [5.74, 6) is 0.262. The first-order valence-electron chi connectivity index (χ1n) is 8.17. The van der Waals surface area contributed by atoms with Crippen molar-refractivity contribution in [3.63, 3.8) is 0 Å². The van der Waals surface area contributed by atoms with Gasteiger partial charge in [0.2, 0.25) is 0 Å². The molecule has 0 saturated carbocycles.